The quantitative estimate of drug-likeness (QED) is 0.764. The molecule has 1 heterocycles. The average Bonchev–Trinajstić information content (AvgIpc) is 2.71. The van der Waals surface area contributed by atoms with Crippen LogP contribution in [0.3, 0.4) is 0 Å². The molecular weight excluding hydrogens is 372 g/mol. The minimum atomic E-state index is -0.127. The van der Waals surface area contributed by atoms with Crippen LogP contribution >= 0.6 is 11.8 Å². The lowest BCUT2D eigenvalue weighted by atomic mass is 10.1. The number of methoxy groups -OCH3 is 1. The molecule has 1 atom stereocenters. The molecule has 0 spiro atoms. The normalized spacial score (nSPS) is 15.9. The summed E-state index contributed by atoms with van der Waals surface area (Å²) in [6.45, 7) is 3.99. The van der Waals surface area contributed by atoms with E-state index >= 15 is 0 Å². The minimum absolute atomic E-state index is 0.104. The van der Waals surface area contributed by atoms with E-state index in [1.807, 2.05) is 50.3 Å². The summed E-state index contributed by atoms with van der Waals surface area (Å²) < 4.78 is 5.38. The largest absolute Gasteiger partial charge is 0.496 e. The van der Waals surface area contributed by atoms with Gasteiger partial charge in [-0.3, -0.25) is 9.59 Å². The predicted octanol–water partition coefficient (Wildman–Crippen LogP) is 4.33. The molecule has 2 amide bonds. The maximum atomic E-state index is 12.9. The van der Waals surface area contributed by atoms with Gasteiger partial charge >= 0.3 is 0 Å². The topological polar surface area (TPSA) is 58.6 Å². The zero-order valence-electron chi connectivity index (χ0n) is 16.5. The average molecular weight is 397 g/mol. The Bertz CT molecular complexity index is 939. The van der Waals surface area contributed by atoms with Gasteiger partial charge in [-0.1, -0.05) is 36.9 Å². The fraction of sp³-hybridized carbons (Fsp3) is 0.273. The number of likely N-dealkylation sites (N-methyl/N-ethyl adjacent to an activating group) is 1. The Balaban J connectivity index is 1.92. The number of hydrogen-bond acceptors (Lipinski definition) is 4. The molecule has 2 aromatic rings. The molecule has 5 nitrogen and oxygen atoms in total. The summed E-state index contributed by atoms with van der Waals surface area (Å²) in [4.78, 5) is 28.4. The highest BCUT2D eigenvalue weighted by molar-refractivity contribution is 8.04. The first kappa shape index (κ1) is 20.0. The Labute approximate surface area is 169 Å². The molecule has 3 rings (SSSR count). The number of benzene rings is 2. The van der Waals surface area contributed by atoms with Crippen molar-refractivity contribution in [2.75, 3.05) is 19.1 Å². The number of hydrogen-bond donors (Lipinski definition) is 1. The summed E-state index contributed by atoms with van der Waals surface area (Å²) in [6, 6.07) is 13.2. The van der Waals surface area contributed by atoms with Crippen LogP contribution in [0.2, 0.25) is 0 Å². The molecule has 0 aromatic heterocycles. The highest BCUT2D eigenvalue weighted by Crippen LogP contribution is 2.42. The first-order chi connectivity index (χ1) is 13.4. The number of rotatable bonds is 5. The lowest BCUT2D eigenvalue weighted by Gasteiger charge is -2.27. The number of carbonyl (C=O) groups is 2. The molecule has 146 valence electrons. The van der Waals surface area contributed by atoms with Crippen LogP contribution in [0.5, 0.6) is 5.75 Å². The van der Waals surface area contributed by atoms with E-state index in [2.05, 4.69) is 5.32 Å². The van der Waals surface area contributed by atoms with E-state index in [4.69, 9.17) is 4.74 Å². The Kier molecular flexibility index (Phi) is 6.09. The van der Waals surface area contributed by atoms with Gasteiger partial charge in [0.2, 0.25) is 0 Å². The summed E-state index contributed by atoms with van der Waals surface area (Å²) in [5.41, 5.74) is 2.14. The maximum Gasteiger partial charge on any atom is 0.264 e. The third-order valence-corrected chi connectivity index (χ3v) is 5.81. The number of nitrogens with one attached hydrogen (secondary N) is 1. The van der Waals surface area contributed by atoms with Crippen molar-refractivity contribution in [1.29, 1.82) is 0 Å². The number of thioether (sulfide) groups is 1. The monoisotopic (exact) mass is 396 g/mol. The van der Waals surface area contributed by atoms with E-state index in [0.717, 1.165) is 22.6 Å². The van der Waals surface area contributed by atoms with Crippen molar-refractivity contribution in [3.05, 3.63) is 58.5 Å². The number of ether oxygens (including phenoxy) is 1. The fourth-order valence-electron chi connectivity index (χ4n) is 2.87. The van der Waals surface area contributed by atoms with E-state index in [9.17, 15) is 9.59 Å². The highest BCUT2D eigenvalue weighted by atomic mass is 32.2. The smallest absolute Gasteiger partial charge is 0.264 e. The Morgan fingerprint density at radius 1 is 1.29 bits per heavy atom. The molecule has 0 unspecified atom stereocenters. The van der Waals surface area contributed by atoms with Crippen molar-refractivity contribution in [2.45, 2.75) is 31.2 Å². The van der Waals surface area contributed by atoms with Crippen molar-refractivity contribution in [3.63, 3.8) is 0 Å². The molecule has 0 fully saturated rings. The van der Waals surface area contributed by atoms with Crippen molar-refractivity contribution >= 4 is 35.3 Å². The van der Waals surface area contributed by atoms with Gasteiger partial charge in [0.05, 0.1) is 17.7 Å². The Morgan fingerprint density at radius 2 is 2.04 bits per heavy atom. The second-order valence-corrected chi connectivity index (χ2v) is 7.77. The van der Waals surface area contributed by atoms with Crippen LogP contribution in [0.15, 0.2) is 52.3 Å². The second-order valence-electron chi connectivity index (χ2n) is 6.68. The zero-order valence-corrected chi connectivity index (χ0v) is 17.3. The number of carbonyl (C=O) groups excluding carboxylic acids is 2. The molecule has 1 aliphatic rings. The molecule has 0 radical (unpaired) electrons. The van der Waals surface area contributed by atoms with E-state index in [1.54, 1.807) is 31.2 Å². The van der Waals surface area contributed by atoms with Crippen LogP contribution in [-0.2, 0) is 4.79 Å². The molecule has 1 N–H and O–H groups in total. The second kappa shape index (κ2) is 8.52. The van der Waals surface area contributed by atoms with Gasteiger partial charge in [-0.2, -0.15) is 0 Å². The molecule has 28 heavy (non-hydrogen) atoms. The third-order valence-electron chi connectivity index (χ3n) is 4.73. The van der Waals surface area contributed by atoms with E-state index in [-0.39, 0.29) is 17.9 Å². The van der Waals surface area contributed by atoms with Crippen LogP contribution in [0, 0.1) is 0 Å². The molecule has 6 heteroatoms. The van der Waals surface area contributed by atoms with Gasteiger partial charge in [0.25, 0.3) is 11.8 Å². The lowest BCUT2D eigenvalue weighted by Crippen LogP contribution is -2.33. The molecule has 0 saturated carbocycles. The molecule has 0 aliphatic carbocycles. The molecular formula is C22H24N2O3S. The van der Waals surface area contributed by atoms with Crippen LogP contribution in [0.25, 0.3) is 6.08 Å². The van der Waals surface area contributed by atoms with Crippen molar-refractivity contribution in [3.8, 4) is 5.75 Å². The van der Waals surface area contributed by atoms with Crippen LogP contribution in [0.1, 0.15) is 36.2 Å². The first-order valence-corrected chi connectivity index (χ1v) is 10.0. The molecule has 0 saturated heterocycles. The van der Waals surface area contributed by atoms with Gasteiger partial charge < -0.3 is 15.0 Å². The van der Waals surface area contributed by atoms with Crippen molar-refractivity contribution < 1.29 is 14.3 Å². The molecule has 1 aliphatic heterocycles. The summed E-state index contributed by atoms with van der Waals surface area (Å²) in [6.07, 6.45) is 2.71. The van der Waals surface area contributed by atoms with E-state index in [1.165, 1.54) is 11.8 Å². The predicted molar refractivity (Wildman–Crippen MR) is 114 cm³/mol. The molecule has 0 bridgehead atoms. The van der Waals surface area contributed by atoms with Crippen molar-refractivity contribution in [2.24, 2.45) is 0 Å². The van der Waals surface area contributed by atoms with Gasteiger partial charge in [-0.05, 0) is 43.7 Å². The lowest BCUT2D eigenvalue weighted by molar-refractivity contribution is -0.114. The van der Waals surface area contributed by atoms with Crippen LogP contribution < -0.4 is 15.0 Å². The summed E-state index contributed by atoms with van der Waals surface area (Å²) >= 11 is 1.40. The highest BCUT2D eigenvalue weighted by Gasteiger charge is 2.27. The van der Waals surface area contributed by atoms with Crippen LogP contribution in [-0.4, -0.2) is 32.0 Å². The van der Waals surface area contributed by atoms with Gasteiger partial charge in [-0.25, -0.2) is 0 Å². The Hall–Kier alpha value is -2.73. The zero-order chi connectivity index (χ0) is 20.3. The summed E-state index contributed by atoms with van der Waals surface area (Å²) in [7, 11) is 3.34. The minimum Gasteiger partial charge on any atom is -0.496 e. The fourth-order valence-corrected chi connectivity index (χ4v) is 3.95. The number of fused-ring (bicyclic) bond motifs is 1. The van der Waals surface area contributed by atoms with Crippen molar-refractivity contribution in [1.82, 2.24) is 5.32 Å². The number of amides is 2. The number of nitrogens with zero attached hydrogens (tertiary/aromatic N) is 1. The number of anilines is 1. The van der Waals surface area contributed by atoms with E-state index in [0.29, 0.717) is 16.2 Å². The van der Waals surface area contributed by atoms with Gasteiger partial charge in [0.15, 0.2) is 0 Å². The van der Waals surface area contributed by atoms with Gasteiger partial charge in [0, 0.05) is 29.1 Å². The summed E-state index contributed by atoms with van der Waals surface area (Å²) in [5, 5.41) is 2.96. The van der Waals surface area contributed by atoms with Gasteiger partial charge in [0.1, 0.15) is 5.75 Å². The van der Waals surface area contributed by atoms with Gasteiger partial charge in [-0.15, -0.1) is 0 Å². The number of para-hydroxylation sites is 1. The maximum absolute atomic E-state index is 12.9. The SMILES string of the molecule is CC[C@H](C)NC(=O)c1ccc2c(c1)N(C)C(=O)/C(=C\c1ccccc1OC)S2. The molecule has 2 aromatic carbocycles. The first-order valence-electron chi connectivity index (χ1n) is 9.20. The Morgan fingerprint density at radius 3 is 2.75 bits per heavy atom. The van der Waals surface area contributed by atoms with E-state index < -0.39 is 0 Å². The summed E-state index contributed by atoms with van der Waals surface area (Å²) in [5.74, 6) is 0.482. The standard InChI is InChI=1S/C22H24N2O3S/c1-5-14(2)23-21(25)16-10-11-19-17(12-16)24(3)22(26)20(28-19)13-15-8-6-7-9-18(15)27-4/h6-14H,5H2,1-4H3,(H,23,25)/b20-13+/t14-/m0/s1. The van der Waals surface area contributed by atoms with Crippen LogP contribution in [0.4, 0.5) is 5.69 Å². The third kappa shape index (κ3) is 4.07.